The number of likely N-dealkylation sites (tertiary alicyclic amines) is 2. The highest BCUT2D eigenvalue weighted by Crippen LogP contribution is 2.39. The summed E-state index contributed by atoms with van der Waals surface area (Å²) < 4.78 is 0. The summed E-state index contributed by atoms with van der Waals surface area (Å²) in [4.78, 5) is 52.6. The van der Waals surface area contributed by atoms with E-state index in [0.29, 0.717) is 6.42 Å². The first-order valence-corrected chi connectivity index (χ1v) is 12.9. The van der Waals surface area contributed by atoms with Crippen LogP contribution < -0.4 is 0 Å². The second-order valence-electron chi connectivity index (χ2n) is 10.3. The molecular formula is C26H40N2O6. The second kappa shape index (κ2) is 12.5. The van der Waals surface area contributed by atoms with Gasteiger partial charge in [-0.05, 0) is 57.8 Å². The number of hydrogen-bond acceptors (Lipinski definition) is 5. The van der Waals surface area contributed by atoms with Crippen molar-refractivity contribution in [1.29, 1.82) is 0 Å². The van der Waals surface area contributed by atoms with Crippen LogP contribution in [-0.4, -0.2) is 75.4 Å². The van der Waals surface area contributed by atoms with Crippen LogP contribution in [0.25, 0.3) is 0 Å². The Labute approximate surface area is 202 Å². The number of carbonyl (C=O) groups is 4. The standard InChI is InChI=1S/C26H40N2O6/c1-18(29)23-16-21(30)17-28(23)25(32)20(15-24(31)27-12-8-5-9-13-27)11-7-4-2-3-6-10-19-14-22(19)26(33)34/h6,10,19-23,30H,2-5,7-9,11-17H2,1H3,(H,33,34). The zero-order valence-corrected chi connectivity index (χ0v) is 20.4. The van der Waals surface area contributed by atoms with Crippen LogP contribution in [0.4, 0.5) is 0 Å². The number of allylic oxidation sites excluding steroid dienone is 2. The van der Waals surface area contributed by atoms with Crippen molar-refractivity contribution < 1.29 is 29.4 Å². The van der Waals surface area contributed by atoms with E-state index in [1.807, 2.05) is 11.0 Å². The molecular weight excluding hydrogens is 436 g/mol. The predicted octanol–water partition coefficient (Wildman–Crippen LogP) is 2.78. The molecule has 2 amide bonds. The Morgan fingerprint density at radius 2 is 1.76 bits per heavy atom. The van der Waals surface area contributed by atoms with Crippen LogP contribution >= 0.6 is 0 Å². The summed E-state index contributed by atoms with van der Waals surface area (Å²) in [6, 6.07) is -0.600. The van der Waals surface area contributed by atoms with Crippen LogP contribution in [0.15, 0.2) is 12.2 Å². The first kappa shape index (κ1) is 26.4. The van der Waals surface area contributed by atoms with Gasteiger partial charge in [-0.25, -0.2) is 0 Å². The highest BCUT2D eigenvalue weighted by Gasteiger charge is 2.41. The van der Waals surface area contributed by atoms with E-state index in [1.165, 1.54) is 11.8 Å². The highest BCUT2D eigenvalue weighted by atomic mass is 16.4. The van der Waals surface area contributed by atoms with E-state index < -0.39 is 24.0 Å². The topological polar surface area (TPSA) is 115 Å². The van der Waals surface area contributed by atoms with Gasteiger partial charge in [0.2, 0.25) is 11.8 Å². The Hall–Kier alpha value is -2.22. The van der Waals surface area contributed by atoms with Crippen LogP contribution in [0.2, 0.25) is 0 Å². The third kappa shape index (κ3) is 7.39. The van der Waals surface area contributed by atoms with Crippen LogP contribution in [0, 0.1) is 17.8 Å². The van der Waals surface area contributed by atoms with Gasteiger partial charge in [0.05, 0.1) is 18.1 Å². The van der Waals surface area contributed by atoms with Crippen molar-refractivity contribution in [3.05, 3.63) is 12.2 Å². The van der Waals surface area contributed by atoms with Gasteiger partial charge in [-0.3, -0.25) is 19.2 Å². The summed E-state index contributed by atoms with van der Waals surface area (Å²) in [6.45, 7) is 3.09. The van der Waals surface area contributed by atoms with Crippen molar-refractivity contribution in [3.63, 3.8) is 0 Å². The zero-order chi connectivity index (χ0) is 24.7. The number of carboxylic acid groups (broad SMARTS) is 1. The smallest absolute Gasteiger partial charge is 0.307 e. The number of carboxylic acids is 1. The molecule has 3 rings (SSSR count). The maximum Gasteiger partial charge on any atom is 0.307 e. The number of aliphatic hydroxyl groups excluding tert-OH is 1. The number of carbonyl (C=O) groups excluding carboxylic acids is 3. The molecule has 8 nitrogen and oxygen atoms in total. The number of hydrogen-bond donors (Lipinski definition) is 2. The Kier molecular flexibility index (Phi) is 9.68. The second-order valence-corrected chi connectivity index (χ2v) is 10.3. The highest BCUT2D eigenvalue weighted by molar-refractivity contribution is 5.91. The lowest BCUT2D eigenvalue weighted by molar-refractivity contribution is -0.144. The van der Waals surface area contributed by atoms with E-state index in [2.05, 4.69) is 6.08 Å². The summed E-state index contributed by atoms with van der Waals surface area (Å²) in [5, 5.41) is 19.0. The minimum atomic E-state index is -0.720. The molecule has 2 aliphatic heterocycles. The summed E-state index contributed by atoms with van der Waals surface area (Å²) in [7, 11) is 0. The number of unbranched alkanes of at least 4 members (excludes halogenated alkanes) is 3. The molecule has 0 radical (unpaired) electrons. The van der Waals surface area contributed by atoms with E-state index in [4.69, 9.17) is 5.11 Å². The fourth-order valence-corrected chi connectivity index (χ4v) is 5.29. The van der Waals surface area contributed by atoms with Gasteiger partial charge < -0.3 is 20.0 Å². The van der Waals surface area contributed by atoms with Crippen molar-refractivity contribution in [1.82, 2.24) is 9.80 Å². The number of piperidine rings is 1. The van der Waals surface area contributed by atoms with Gasteiger partial charge in [0, 0.05) is 38.4 Å². The van der Waals surface area contributed by atoms with Crippen LogP contribution in [0.1, 0.15) is 77.6 Å². The van der Waals surface area contributed by atoms with Gasteiger partial charge in [-0.1, -0.05) is 25.0 Å². The number of Topliss-reactive ketones (excluding diaryl/α,β-unsaturated/α-hetero) is 1. The number of aliphatic hydroxyl groups is 1. The van der Waals surface area contributed by atoms with E-state index in [9.17, 15) is 24.3 Å². The molecule has 3 fully saturated rings. The van der Waals surface area contributed by atoms with Gasteiger partial charge in [-0.2, -0.15) is 0 Å². The molecule has 0 bridgehead atoms. The van der Waals surface area contributed by atoms with Crippen LogP contribution in [0.5, 0.6) is 0 Å². The van der Waals surface area contributed by atoms with E-state index in [-0.39, 0.29) is 48.8 Å². The third-order valence-corrected chi connectivity index (χ3v) is 7.47. The summed E-state index contributed by atoms with van der Waals surface area (Å²) >= 11 is 0. The molecule has 2 saturated heterocycles. The number of amides is 2. The minimum absolute atomic E-state index is 0.0116. The molecule has 1 saturated carbocycles. The van der Waals surface area contributed by atoms with Crippen molar-refractivity contribution >= 4 is 23.6 Å². The molecule has 34 heavy (non-hydrogen) atoms. The minimum Gasteiger partial charge on any atom is -0.481 e. The molecule has 0 spiro atoms. The maximum atomic E-state index is 13.4. The molecule has 3 aliphatic rings. The molecule has 2 N–H and O–H groups in total. The number of ketones is 1. The third-order valence-electron chi connectivity index (χ3n) is 7.47. The van der Waals surface area contributed by atoms with Crippen molar-refractivity contribution in [2.75, 3.05) is 19.6 Å². The molecule has 0 aromatic carbocycles. The summed E-state index contributed by atoms with van der Waals surface area (Å²) in [5.74, 6) is -1.54. The van der Waals surface area contributed by atoms with Crippen LogP contribution in [0.3, 0.4) is 0 Å². The fourth-order valence-electron chi connectivity index (χ4n) is 5.29. The molecule has 5 atom stereocenters. The average molecular weight is 477 g/mol. The largest absolute Gasteiger partial charge is 0.481 e. The van der Waals surface area contributed by atoms with E-state index >= 15 is 0 Å². The number of β-amino-alcohol motifs (C(OH)–C–C–N with tert-alkyl or cyclic N) is 1. The first-order valence-electron chi connectivity index (χ1n) is 12.9. The quantitative estimate of drug-likeness (QED) is 0.331. The van der Waals surface area contributed by atoms with Gasteiger partial charge in [0.25, 0.3) is 0 Å². The van der Waals surface area contributed by atoms with E-state index in [1.54, 1.807) is 0 Å². The monoisotopic (exact) mass is 476 g/mol. The number of nitrogens with zero attached hydrogens (tertiary/aromatic N) is 2. The van der Waals surface area contributed by atoms with Crippen LogP contribution in [-0.2, 0) is 19.2 Å². The SMILES string of the molecule is CC(=O)C1CC(O)CN1C(=O)C(CCCCCC=CC1CC1C(=O)O)CC(=O)N1CCCCC1. The summed E-state index contributed by atoms with van der Waals surface area (Å²) in [6.07, 6.45) is 11.8. The van der Waals surface area contributed by atoms with Crippen molar-refractivity contribution in [3.8, 4) is 0 Å². The fraction of sp³-hybridized carbons (Fsp3) is 0.769. The Balaban J connectivity index is 1.50. The normalized spacial score (nSPS) is 27.7. The lowest BCUT2D eigenvalue weighted by atomic mass is 9.94. The molecule has 1 aliphatic carbocycles. The molecule has 2 heterocycles. The lowest BCUT2D eigenvalue weighted by Crippen LogP contribution is -2.45. The van der Waals surface area contributed by atoms with Crippen molar-refractivity contribution in [2.24, 2.45) is 17.8 Å². The predicted molar refractivity (Wildman–Crippen MR) is 127 cm³/mol. The Morgan fingerprint density at radius 3 is 2.41 bits per heavy atom. The maximum absolute atomic E-state index is 13.4. The first-order chi connectivity index (χ1) is 16.3. The van der Waals surface area contributed by atoms with Gasteiger partial charge >= 0.3 is 5.97 Å². The molecule has 5 unspecified atom stereocenters. The molecule has 8 heteroatoms. The van der Waals surface area contributed by atoms with E-state index in [0.717, 1.165) is 64.5 Å². The molecule has 0 aromatic heterocycles. The van der Waals surface area contributed by atoms with Gasteiger partial charge in [-0.15, -0.1) is 0 Å². The lowest BCUT2D eigenvalue weighted by Gasteiger charge is -2.31. The number of aliphatic carboxylic acids is 1. The summed E-state index contributed by atoms with van der Waals surface area (Å²) in [5.41, 5.74) is 0. The number of rotatable bonds is 12. The van der Waals surface area contributed by atoms with Gasteiger partial charge in [0.1, 0.15) is 0 Å². The Bertz CT molecular complexity index is 775. The Morgan fingerprint density at radius 1 is 1.03 bits per heavy atom. The molecule has 190 valence electrons. The zero-order valence-electron chi connectivity index (χ0n) is 20.4. The van der Waals surface area contributed by atoms with Crippen molar-refractivity contribution in [2.45, 2.75) is 89.7 Å². The molecule has 0 aromatic rings. The average Bonchev–Trinajstić information content (AvgIpc) is 3.49. The van der Waals surface area contributed by atoms with Gasteiger partial charge in [0.15, 0.2) is 5.78 Å².